The van der Waals surface area contributed by atoms with E-state index in [4.69, 9.17) is 10.2 Å². The normalized spacial score (nSPS) is 10.7. The van der Waals surface area contributed by atoms with Gasteiger partial charge in [-0.05, 0) is 0 Å². The van der Waals surface area contributed by atoms with Gasteiger partial charge in [0.1, 0.15) is 0 Å². The van der Waals surface area contributed by atoms with Gasteiger partial charge < -0.3 is 10.2 Å². The van der Waals surface area contributed by atoms with Gasteiger partial charge in [-0.1, -0.05) is 0 Å². The maximum atomic E-state index is 12.5. The van der Waals surface area contributed by atoms with Gasteiger partial charge >= 0.3 is 0 Å². The highest BCUT2D eigenvalue weighted by Crippen LogP contribution is 2.31. The molecule has 1 heterocycles. The van der Waals surface area contributed by atoms with Crippen LogP contribution in [0.15, 0.2) is 6.20 Å². The highest BCUT2D eigenvalue weighted by molar-refractivity contribution is 5.35. The molecule has 0 aliphatic carbocycles. The van der Waals surface area contributed by atoms with Crippen LogP contribution in [-0.4, -0.2) is 15.2 Å². The van der Waals surface area contributed by atoms with Crippen LogP contribution in [0.2, 0.25) is 0 Å². The number of pyridine rings is 1. The number of nitrogens with zero attached hydrogens (tertiary/aromatic N) is 1. The summed E-state index contributed by atoms with van der Waals surface area (Å²) < 4.78 is 36.2. The van der Waals surface area contributed by atoms with E-state index in [-0.39, 0.29) is 0 Å². The van der Waals surface area contributed by atoms with E-state index in [0.717, 1.165) is 0 Å². The molecule has 1 aromatic rings. The van der Waals surface area contributed by atoms with Crippen molar-refractivity contribution in [1.29, 1.82) is 0 Å². The number of hydrogen-bond acceptors (Lipinski definition) is 3. The lowest BCUT2D eigenvalue weighted by molar-refractivity contribution is 0.140. The number of aromatic nitrogens is 1. The molecule has 2 N–H and O–H groups in total. The van der Waals surface area contributed by atoms with E-state index in [1.807, 2.05) is 0 Å². The summed E-state index contributed by atoms with van der Waals surface area (Å²) in [6.07, 6.45) is -2.56. The quantitative estimate of drug-likeness (QED) is 0.687. The number of hydrogen-bond donors (Lipinski definition) is 2. The second kappa shape index (κ2) is 2.88. The largest absolute Gasteiger partial charge is 0.504 e. The van der Waals surface area contributed by atoms with E-state index in [1.54, 1.807) is 0 Å². The molecule has 0 saturated heterocycles. The average Bonchev–Trinajstić information content (AvgIpc) is 2.00. The maximum Gasteiger partial charge on any atom is 0.284 e. The Morgan fingerprint density at radius 1 is 1.33 bits per heavy atom. The van der Waals surface area contributed by atoms with Gasteiger partial charge in [0.25, 0.3) is 6.43 Å². The fourth-order valence-electron chi connectivity index (χ4n) is 0.642. The molecule has 1 aromatic heterocycles. The van der Waals surface area contributed by atoms with Crippen LogP contribution in [0.5, 0.6) is 11.5 Å². The Labute approximate surface area is 65.1 Å². The third-order valence-electron chi connectivity index (χ3n) is 1.21. The Hall–Kier alpha value is -1.46. The molecule has 0 fully saturated rings. The lowest BCUT2D eigenvalue weighted by Gasteiger charge is -2.03. The second-order valence-electron chi connectivity index (χ2n) is 1.99. The van der Waals surface area contributed by atoms with Gasteiger partial charge in [0.2, 0.25) is 5.82 Å². The van der Waals surface area contributed by atoms with Crippen molar-refractivity contribution in [3.05, 3.63) is 17.7 Å². The Bertz CT molecular complexity index is 303. The van der Waals surface area contributed by atoms with Crippen molar-refractivity contribution in [3.8, 4) is 11.5 Å². The van der Waals surface area contributed by atoms with Gasteiger partial charge in [0.05, 0.1) is 6.20 Å². The summed E-state index contributed by atoms with van der Waals surface area (Å²) in [6.45, 7) is 0. The summed E-state index contributed by atoms with van der Waals surface area (Å²) in [5.41, 5.74) is -1.08. The van der Waals surface area contributed by atoms with E-state index >= 15 is 0 Å². The molecule has 6 heteroatoms. The molecular formula is C6H4F3NO2. The van der Waals surface area contributed by atoms with Crippen LogP contribution >= 0.6 is 0 Å². The van der Waals surface area contributed by atoms with Gasteiger partial charge in [-0.25, -0.2) is 13.8 Å². The molecule has 0 aliphatic heterocycles. The predicted octanol–water partition coefficient (Wildman–Crippen LogP) is 1.57. The van der Waals surface area contributed by atoms with E-state index in [0.29, 0.717) is 6.20 Å². The van der Waals surface area contributed by atoms with Crippen molar-refractivity contribution in [2.75, 3.05) is 0 Å². The fourth-order valence-corrected chi connectivity index (χ4v) is 0.642. The van der Waals surface area contributed by atoms with Crippen LogP contribution in [0.1, 0.15) is 12.1 Å². The van der Waals surface area contributed by atoms with Crippen molar-refractivity contribution >= 4 is 0 Å². The molecule has 0 saturated carbocycles. The number of aromatic hydroxyl groups is 2. The minimum absolute atomic E-state index is 0.510. The van der Waals surface area contributed by atoms with Crippen LogP contribution in [0.3, 0.4) is 0 Å². The molecule has 0 aromatic carbocycles. The van der Waals surface area contributed by atoms with E-state index in [9.17, 15) is 13.2 Å². The van der Waals surface area contributed by atoms with Gasteiger partial charge in [0.15, 0.2) is 17.2 Å². The monoisotopic (exact) mass is 179 g/mol. The van der Waals surface area contributed by atoms with Crippen molar-refractivity contribution in [3.63, 3.8) is 0 Å². The summed E-state index contributed by atoms with van der Waals surface area (Å²) in [5.74, 6) is -3.76. The summed E-state index contributed by atoms with van der Waals surface area (Å²) >= 11 is 0. The molecule has 0 spiro atoms. The average molecular weight is 179 g/mol. The van der Waals surface area contributed by atoms with Crippen LogP contribution < -0.4 is 0 Å². The first kappa shape index (κ1) is 8.63. The van der Waals surface area contributed by atoms with Gasteiger partial charge in [0, 0.05) is 0 Å². The fraction of sp³-hybridized carbons (Fsp3) is 0.167. The molecule has 0 aliphatic rings. The molecule has 0 atom stereocenters. The number of alkyl halides is 2. The molecule has 12 heavy (non-hydrogen) atoms. The zero-order chi connectivity index (χ0) is 9.30. The van der Waals surface area contributed by atoms with Crippen molar-refractivity contribution in [2.24, 2.45) is 0 Å². The Balaban J connectivity index is 3.27. The summed E-state index contributed by atoms with van der Waals surface area (Å²) in [6, 6.07) is 0. The molecule has 0 bridgehead atoms. The Morgan fingerprint density at radius 2 is 1.92 bits per heavy atom. The molecule has 0 radical (unpaired) electrons. The Morgan fingerprint density at radius 3 is 2.42 bits per heavy atom. The summed E-state index contributed by atoms with van der Waals surface area (Å²) in [5, 5.41) is 17.2. The summed E-state index contributed by atoms with van der Waals surface area (Å²) in [7, 11) is 0. The van der Waals surface area contributed by atoms with Gasteiger partial charge in [-0.3, -0.25) is 0 Å². The number of rotatable bonds is 1. The molecule has 66 valence electrons. The minimum Gasteiger partial charge on any atom is -0.504 e. The predicted molar refractivity (Wildman–Crippen MR) is 32.5 cm³/mol. The summed E-state index contributed by atoms with van der Waals surface area (Å²) in [4.78, 5) is 2.95. The highest BCUT2D eigenvalue weighted by atomic mass is 19.3. The zero-order valence-electron chi connectivity index (χ0n) is 5.63. The maximum absolute atomic E-state index is 12.5. The second-order valence-corrected chi connectivity index (χ2v) is 1.99. The van der Waals surface area contributed by atoms with Crippen LogP contribution in [0.4, 0.5) is 13.2 Å². The van der Waals surface area contributed by atoms with E-state index in [2.05, 4.69) is 4.98 Å². The molecule has 0 amide bonds. The van der Waals surface area contributed by atoms with Crippen LogP contribution in [0, 0.1) is 5.82 Å². The molecule has 0 unspecified atom stereocenters. The van der Waals surface area contributed by atoms with Crippen LogP contribution in [-0.2, 0) is 0 Å². The lowest BCUT2D eigenvalue weighted by Crippen LogP contribution is -1.93. The third kappa shape index (κ3) is 1.27. The van der Waals surface area contributed by atoms with E-state index < -0.39 is 29.4 Å². The van der Waals surface area contributed by atoms with Crippen molar-refractivity contribution in [2.45, 2.75) is 6.43 Å². The first-order chi connectivity index (χ1) is 5.54. The standard InChI is InChI=1S/C6H4F3NO2/c7-3-2(11)1-10-4(5(3)12)6(8)9/h1,6,11-12H. The molecule has 3 nitrogen and oxygen atoms in total. The lowest BCUT2D eigenvalue weighted by atomic mass is 10.3. The first-order valence-electron chi connectivity index (χ1n) is 2.88. The minimum atomic E-state index is -3.07. The van der Waals surface area contributed by atoms with Gasteiger partial charge in [-0.15, -0.1) is 0 Å². The third-order valence-corrected chi connectivity index (χ3v) is 1.21. The number of halogens is 3. The molecular weight excluding hydrogens is 175 g/mol. The van der Waals surface area contributed by atoms with Crippen molar-refractivity contribution < 1.29 is 23.4 Å². The molecule has 1 rings (SSSR count). The van der Waals surface area contributed by atoms with E-state index in [1.165, 1.54) is 0 Å². The van der Waals surface area contributed by atoms with Crippen LogP contribution in [0.25, 0.3) is 0 Å². The first-order valence-corrected chi connectivity index (χ1v) is 2.88. The SMILES string of the molecule is Oc1cnc(C(F)F)c(O)c1F. The zero-order valence-corrected chi connectivity index (χ0v) is 5.63. The van der Waals surface area contributed by atoms with Crippen molar-refractivity contribution in [1.82, 2.24) is 4.98 Å². The highest BCUT2D eigenvalue weighted by Gasteiger charge is 2.20. The topological polar surface area (TPSA) is 53.4 Å². The smallest absolute Gasteiger partial charge is 0.284 e. The van der Waals surface area contributed by atoms with Gasteiger partial charge in [-0.2, -0.15) is 4.39 Å². The Kier molecular flexibility index (Phi) is 2.07.